The second kappa shape index (κ2) is 7.50. The lowest BCUT2D eigenvalue weighted by atomic mass is 9.73. The third kappa shape index (κ3) is 3.60. The van der Waals surface area contributed by atoms with E-state index in [-0.39, 0.29) is 17.3 Å². The molecule has 3 nitrogen and oxygen atoms in total. The third-order valence-corrected chi connectivity index (χ3v) is 4.95. The molecular formula is C20H20F3NO2. The number of ether oxygens (including phenoxy) is 1. The lowest BCUT2D eigenvalue weighted by Gasteiger charge is -2.37. The van der Waals surface area contributed by atoms with E-state index >= 15 is 0 Å². The van der Waals surface area contributed by atoms with E-state index in [1.165, 1.54) is 18.2 Å². The molecule has 2 aromatic carbocycles. The van der Waals surface area contributed by atoms with Crippen molar-refractivity contribution in [2.24, 2.45) is 0 Å². The second-order valence-corrected chi connectivity index (χ2v) is 6.56. The first-order valence-corrected chi connectivity index (χ1v) is 8.52. The number of hydrogen-bond acceptors (Lipinski definition) is 2. The molecule has 0 spiro atoms. The van der Waals surface area contributed by atoms with E-state index in [4.69, 9.17) is 4.74 Å². The van der Waals surface area contributed by atoms with Crippen molar-refractivity contribution in [1.29, 1.82) is 0 Å². The zero-order chi connectivity index (χ0) is 18.7. The molecule has 0 aliphatic carbocycles. The first-order chi connectivity index (χ1) is 12.4. The lowest BCUT2D eigenvalue weighted by molar-refractivity contribution is -0.131. The van der Waals surface area contributed by atoms with E-state index in [1.54, 1.807) is 19.1 Å². The fourth-order valence-corrected chi connectivity index (χ4v) is 3.40. The van der Waals surface area contributed by atoms with Gasteiger partial charge in [-0.25, -0.2) is 13.2 Å². The summed E-state index contributed by atoms with van der Waals surface area (Å²) in [6.45, 7) is 2.46. The quantitative estimate of drug-likeness (QED) is 0.891. The van der Waals surface area contributed by atoms with Crippen molar-refractivity contribution in [3.63, 3.8) is 0 Å². The van der Waals surface area contributed by atoms with Gasteiger partial charge in [0.2, 0.25) is 5.91 Å². The van der Waals surface area contributed by atoms with Crippen molar-refractivity contribution in [1.82, 2.24) is 5.32 Å². The monoisotopic (exact) mass is 363 g/mol. The van der Waals surface area contributed by atoms with Gasteiger partial charge in [-0.2, -0.15) is 0 Å². The van der Waals surface area contributed by atoms with Crippen molar-refractivity contribution in [2.75, 3.05) is 13.2 Å². The Balaban J connectivity index is 1.87. The molecule has 1 N–H and O–H groups in total. The van der Waals surface area contributed by atoms with Crippen LogP contribution < -0.4 is 5.32 Å². The van der Waals surface area contributed by atoms with Gasteiger partial charge in [0, 0.05) is 24.8 Å². The van der Waals surface area contributed by atoms with Crippen molar-refractivity contribution in [3.05, 3.63) is 71.0 Å². The molecule has 6 heteroatoms. The first kappa shape index (κ1) is 18.5. The van der Waals surface area contributed by atoms with Gasteiger partial charge in [-0.1, -0.05) is 18.2 Å². The maximum Gasteiger partial charge on any atom is 0.231 e. The van der Waals surface area contributed by atoms with E-state index < -0.39 is 23.1 Å². The van der Waals surface area contributed by atoms with Crippen LogP contribution in [0.4, 0.5) is 13.2 Å². The standard InChI is InChI=1S/C20H20F3NO2/c1-13(17-7-6-16(22)12-18(17)23)24-19(25)20(8-10-26-11-9-20)14-2-4-15(21)5-3-14/h2-7,12-13H,8-11H2,1H3,(H,24,25)/t13-/m1/s1. The van der Waals surface area contributed by atoms with Crippen LogP contribution >= 0.6 is 0 Å². The Morgan fingerprint density at radius 3 is 2.27 bits per heavy atom. The second-order valence-electron chi connectivity index (χ2n) is 6.56. The molecule has 1 saturated heterocycles. The highest BCUT2D eigenvalue weighted by Gasteiger charge is 2.42. The molecule has 3 rings (SSSR count). The Morgan fingerprint density at radius 1 is 1.04 bits per heavy atom. The van der Waals surface area contributed by atoms with Crippen LogP contribution in [0.2, 0.25) is 0 Å². The Morgan fingerprint density at radius 2 is 1.65 bits per heavy atom. The number of amides is 1. The SMILES string of the molecule is C[C@@H](NC(=O)C1(c2ccc(F)cc2)CCOCC1)c1ccc(F)cc1F. The zero-order valence-electron chi connectivity index (χ0n) is 14.4. The van der Waals surface area contributed by atoms with Crippen LogP contribution in [0, 0.1) is 17.5 Å². The molecule has 0 saturated carbocycles. The summed E-state index contributed by atoms with van der Waals surface area (Å²) < 4.78 is 45.8. The number of carbonyl (C=O) groups is 1. The fourth-order valence-electron chi connectivity index (χ4n) is 3.40. The summed E-state index contributed by atoms with van der Waals surface area (Å²) >= 11 is 0. The van der Waals surface area contributed by atoms with Gasteiger partial charge in [0.05, 0.1) is 11.5 Å². The van der Waals surface area contributed by atoms with Crippen molar-refractivity contribution >= 4 is 5.91 Å². The number of rotatable bonds is 4. The van der Waals surface area contributed by atoms with Gasteiger partial charge in [-0.15, -0.1) is 0 Å². The molecule has 1 aliphatic heterocycles. The molecule has 0 bridgehead atoms. The van der Waals surface area contributed by atoms with Gasteiger partial charge >= 0.3 is 0 Å². The minimum absolute atomic E-state index is 0.209. The van der Waals surface area contributed by atoms with Crippen LogP contribution in [-0.2, 0) is 14.9 Å². The summed E-state index contributed by atoms with van der Waals surface area (Å²) in [7, 11) is 0. The van der Waals surface area contributed by atoms with Crippen LogP contribution in [0.15, 0.2) is 42.5 Å². The van der Waals surface area contributed by atoms with E-state index in [2.05, 4.69) is 5.32 Å². The Bertz CT molecular complexity index is 786. The molecule has 0 radical (unpaired) electrons. The summed E-state index contributed by atoms with van der Waals surface area (Å²) in [6.07, 6.45) is 0.895. The molecule has 26 heavy (non-hydrogen) atoms. The summed E-state index contributed by atoms with van der Waals surface area (Å²) in [5, 5.41) is 2.83. The first-order valence-electron chi connectivity index (χ1n) is 8.52. The number of benzene rings is 2. The Kier molecular flexibility index (Phi) is 5.32. The van der Waals surface area contributed by atoms with Gasteiger partial charge in [-0.3, -0.25) is 4.79 Å². The molecule has 138 valence electrons. The Labute approximate surface area is 150 Å². The summed E-state index contributed by atoms with van der Waals surface area (Å²) in [6, 6.07) is 8.49. The van der Waals surface area contributed by atoms with Crippen LogP contribution in [0.1, 0.15) is 36.9 Å². The number of nitrogens with one attached hydrogen (secondary N) is 1. The molecular weight excluding hydrogens is 343 g/mol. The highest BCUT2D eigenvalue weighted by atomic mass is 19.1. The maximum atomic E-state index is 14.0. The molecule has 1 amide bonds. The van der Waals surface area contributed by atoms with Gasteiger partial charge in [0.15, 0.2) is 0 Å². The molecule has 2 aromatic rings. The van der Waals surface area contributed by atoms with Gasteiger partial charge in [-0.05, 0) is 43.5 Å². The number of halogens is 3. The third-order valence-electron chi connectivity index (χ3n) is 4.95. The zero-order valence-corrected chi connectivity index (χ0v) is 14.4. The average Bonchev–Trinajstić information content (AvgIpc) is 2.62. The summed E-state index contributed by atoms with van der Waals surface area (Å²) in [5.74, 6) is -2.03. The highest BCUT2D eigenvalue weighted by molar-refractivity contribution is 5.88. The van der Waals surface area contributed by atoms with Crippen molar-refractivity contribution in [3.8, 4) is 0 Å². The minimum Gasteiger partial charge on any atom is -0.381 e. The van der Waals surface area contributed by atoms with Crippen LogP contribution in [0.3, 0.4) is 0 Å². The van der Waals surface area contributed by atoms with Crippen LogP contribution in [-0.4, -0.2) is 19.1 Å². The summed E-state index contributed by atoms with van der Waals surface area (Å²) in [5.41, 5.74) is 0.0454. The Hall–Kier alpha value is -2.34. The molecule has 0 unspecified atom stereocenters. The minimum atomic E-state index is -0.864. The van der Waals surface area contributed by atoms with E-state index in [1.807, 2.05) is 0 Å². The van der Waals surface area contributed by atoms with Gasteiger partial charge in [0.1, 0.15) is 17.5 Å². The predicted octanol–water partition coefficient (Wildman–Crippen LogP) is 4.03. The molecule has 1 fully saturated rings. The topological polar surface area (TPSA) is 38.3 Å². The normalized spacial score (nSPS) is 17.5. The van der Waals surface area contributed by atoms with Crippen molar-refractivity contribution < 1.29 is 22.7 Å². The largest absolute Gasteiger partial charge is 0.381 e. The highest BCUT2D eigenvalue weighted by Crippen LogP contribution is 2.36. The van der Waals surface area contributed by atoms with Gasteiger partial charge < -0.3 is 10.1 Å². The predicted molar refractivity (Wildman–Crippen MR) is 91.0 cm³/mol. The van der Waals surface area contributed by atoms with E-state index in [0.29, 0.717) is 31.6 Å². The smallest absolute Gasteiger partial charge is 0.231 e. The van der Waals surface area contributed by atoms with Gasteiger partial charge in [0.25, 0.3) is 0 Å². The fraction of sp³-hybridized carbons (Fsp3) is 0.350. The molecule has 1 heterocycles. The van der Waals surface area contributed by atoms with Crippen molar-refractivity contribution in [2.45, 2.75) is 31.2 Å². The van der Waals surface area contributed by atoms with Crippen LogP contribution in [0.5, 0.6) is 0 Å². The average molecular weight is 363 g/mol. The van der Waals surface area contributed by atoms with E-state index in [9.17, 15) is 18.0 Å². The molecule has 0 aromatic heterocycles. The number of hydrogen-bond donors (Lipinski definition) is 1. The number of carbonyl (C=O) groups excluding carboxylic acids is 1. The molecule has 1 atom stereocenters. The maximum absolute atomic E-state index is 14.0. The lowest BCUT2D eigenvalue weighted by Crippen LogP contribution is -2.48. The molecule has 1 aliphatic rings. The summed E-state index contributed by atoms with van der Waals surface area (Å²) in [4.78, 5) is 13.1. The van der Waals surface area contributed by atoms with E-state index in [0.717, 1.165) is 12.1 Å². The van der Waals surface area contributed by atoms with Crippen LogP contribution in [0.25, 0.3) is 0 Å².